The molecule has 0 amide bonds. The largest absolute Gasteiger partial charge is 0.493 e. The van der Waals surface area contributed by atoms with Crippen LogP contribution in [0, 0.1) is 11.3 Å². The molecule has 0 aromatic rings. The first-order valence-electron chi connectivity index (χ1n) is 7.10. The lowest BCUT2D eigenvalue weighted by Gasteiger charge is -2.44. The summed E-state index contributed by atoms with van der Waals surface area (Å²) >= 11 is 0. The van der Waals surface area contributed by atoms with Crippen molar-refractivity contribution in [3.8, 4) is 0 Å². The van der Waals surface area contributed by atoms with Crippen LogP contribution in [0.3, 0.4) is 0 Å². The number of hydrogen-bond donors (Lipinski definition) is 0. The third-order valence-electron chi connectivity index (χ3n) is 5.09. The number of ether oxygens (including phenoxy) is 1. The van der Waals surface area contributed by atoms with E-state index in [1.807, 2.05) is 6.92 Å². The summed E-state index contributed by atoms with van der Waals surface area (Å²) in [6.45, 7) is 1.95. The third kappa shape index (κ3) is 1.78. The van der Waals surface area contributed by atoms with Crippen LogP contribution in [0.5, 0.6) is 0 Å². The van der Waals surface area contributed by atoms with E-state index in [9.17, 15) is 9.59 Å². The first kappa shape index (κ1) is 12.6. The Bertz CT molecular complexity index is 512. The highest BCUT2D eigenvalue weighted by Crippen LogP contribution is 2.51. The molecular weight excluding hydrogens is 240 g/mol. The number of methoxy groups -OCH3 is 1. The number of allylic oxidation sites excluding steroid dienone is 4. The Kier molecular flexibility index (Phi) is 2.88. The summed E-state index contributed by atoms with van der Waals surface area (Å²) in [5, 5.41) is 0. The Morgan fingerprint density at radius 2 is 1.89 bits per heavy atom. The maximum atomic E-state index is 12.6. The van der Waals surface area contributed by atoms with E-state index in [0.717, 1.165) is 25.7 Å². The summed E-state index contributed by atoms with van der Waals surface area (Å²) in [6, 6.07) is 0. The number of rotatable bonds is 1. The molecule has 0 saturated carbocycles. The number of Topliss-reactive ketones (excluding diaryl/α,β-unsaturated/α-hetero) is 1. The number of hydrogen-bond acceptors (Lipinski definition) is 3. The van der Waals surface area contributed by atoms with Crippen molar-refractivity contribution in [2.24, 2.45) is 11.3 Å². The Balaban J connectivity index is 2.02. The van der Waals surface area contributed by atoms with Crippen molar-refractivity contribution in [2.45, 2.75) is 45.4 Å². The lowest BCUT2D eigenvalue weighted by atomic mass is 9.58. The highest BCUT2D eigenvalue weighted by molar-refractivity contribution is 6.11. The van der Waals surface area contributed by atoms with E-state index in [2.05, 4.69) is 0 Å². The summed E-state index contributed by atoms with van der Waals surface area (Å²) in [7, 11) is 1.47. The minimum absolute atomic E-state index is 0.0109. The summed E-state index contributed by atoms with van der Waals surface area (Å²) in [6.07, 6.45) is 7.60. The minimum atomic E-state index is -0.576. The Morgan fingerprint density at radius 1 is 1.21 bits per heavy atom. The first-order chi connectivity index (χ1) is 9.06. The van der Waals surface area contributed by atoms with Crippen molar-refractivity contribution in [3.05, 3.63) is 23.0 Å². The molecule has 3 aliphatic carbocycles. The summed E-state index contributed by atoms with van der Waals surface area (Å²) in [4.78, 5) is 24.9. The highest BCUT2D eigenvalue weighted by atomic mass is 16.5. The molecule has 0 aromatic heterocycles. The lowest BCUT2D eigenvalue weighted by Crippen LogP contribution is -2.47. The van der Waals surface area contributed by atoms with Crippen LogP contribution in [0.15, 0.2) is 23.0 Å². The average Bonchev–Trinajstić information content (AvgIpc) is 2.41. The Labute approximate surface area is 113 Å². The number of fused-ring (bicyclic) bond motifs is 1. The maximum Gasteiger partial charge on any atom is 0.204 e. The smallest absolute Gasteiger partial charge is 0.204 e. The van der Waals surface area contributed by atoms with Gasteiger partial charge in [-0.25, -0.2) is 0 Å². The fourth-order valence-corrected chi connectivity index (χ4v) is 3.91. The van der Waals surface area contributed by atoms with Crippen LogP contribution in [-0.2, 0) is 14.3 Å². The molecule has 3 aliphatic rings. The van der Waals surface area contributed by atoms with Gasteiger partial charge in [0.15, 0.2) is 11.5 Å². The molecule has 3 nitrogen and oxygen atoms in total. The Morgan fingerprint density at radius 3 is 2.58 bits per heavy atom. The molecule has 0 N–H and O–H groups in total. The van der Waals surface area contributed by atoms with Crippen LogP contribution in [0.1, 0.15) is 45.4 Å². The van der Waals surface area contributed by atoms with E-state index in [-0.39, 0.29) is 23.2 Å². The van der Waals surface area contributed by atoms with E-state index in [4.69, 9.17) is 4.74 Å². The highest BCUT2D eigenvalue weighted by Gasteiger charge is 2.52. The van der Waals surface area contributed by atoms with Gasteiger partial charge in [-0.1, -0.05) is 18.1 Å². The fourth-order valence-electron chi connectivity index (χ4n) is 3.91. The van der Waals surface area contributed by atoms with E-state index < -0.39 is 5.41 Å². The van der Waals surface area contributed by atoms with E-state index in [0.29, 0.717) is 0 Å². The molecule has 0 bridgehead atoms. The van der Waals surface area contributed by atoms with Gasteiger partial charge in [0, 0.05) is 17.4 Å². The minimum Gasteiger partial charge on any atom is -0.493 e. The Hall–Kier alpha value is -1.38. The second kappa shape index (κ2) is 4.32. The van der Waals surface area contributed by atoms with Crippen molar-refractivity contribution in [1.82, 2.24) is 0 Å². The zero-order valence-corrected chi connectivity index (χ0v) is 11.6. The van der Waals surface area contributed by atoms with Gasteiger partial charge >= 0.3 is 0 Å². The topological polar surface area (TPSA) is 43.4 Å². The summed E-state index contributed by atoms with van der Waals surface area (Å²) in [5.41, 5.74) is 2.31. The van der Waals surface area contributed by atoms with Crippen molar-refractivity contribution in [2.75, 3.05) is 7.11 Å². The van der Waals surface area contributed by atoms with E-state index >= 15 is 0 Å². The van der Waals surface area contributed by atoms with Gasteiger partial charge in [-0.05, 0) is 38.5 Å². The van der Waals surface area contributed by atoms with E-state index in [1.54, 1.807) is 0 Å². The van der Waals surface area contributed by atoms with Gasteiger partial charge in [-0.2, -0.15) is 0 Å². The molecule has 3 rings (SSSR count). The average molecular weight is 260 g/mol. The lowest BCUT2D eigenvalue weighted by molar-refractivity contribution is -0.139. The van der Waals surface area contributed by atoms with Crippen LogP contribution >= 0.6 is 0 Å². The van der Waals surface area contributed by atoms with Gasteiger partial charge in [-0.3, -0.25) is 9.59 Å². The van der Waals surface area contributed by atoms with Gasteiger partial charge in [0.05, 0.1) is 7.11 Å². The van der Waals surface area contributed by atoms with Crippen molar-refractivity contribution in [3.63, 3.8) is 0 Å². The van der Waals surface area contributed by atoms with Crippen molar-refractivity contribution in [1.29, 1.82) is 0 Å². The van der Waals surface area contributed by atoms with Gasteiger partial charge < -0.3 is 4.74 Å². The second-order valence-electron chi connectivity index (χ2n) is 6.21. The summed E-state index contributed by atoms with van der Waals surface area (Å²) in [5.74, 6) is 0.146. The molecule has 0 aromatic carbocycles. The quantitative estimate of drug-likeness (QED) is 0.681. The van der Waals surface area contributed by atoms with Gasteiger partial charge in [-0.15, -0.1) is 0 Å². The number of ketones is 2. The predicted molar refractivity (Wildman–Crippen MR) is 71.4 cm³/mol. The molecule has 102 valence electrons. The molecule has 1 unspecified atom stereocenters. The molecule has 0 aliphatic heterocycles. The molecule has 3 heteroatoms. The van der Waals surface area contributed by atoms with Gasteiger partial charge in [0.2, 0.25) is 5.78 Å². The molecule has 0 heterocycles. The van der Waals surface area contributed by atoms with Gasteiger partial charge in [0.1, 0.15) is 0 Å². The van der Waals surface area contributed by atoms with Gasteiger partial charge in [0.25, 0.3) is 0 Å². The standard InChI is InChI=1S/C16H20O3/c1-16-9-11-6-4-3-5-10(11)7-12(16)13(17)8-14(19-2)15(16)18/h8,12H,3-7,9H2,1-2H3/t12?,16-/m0/s1. The SMILES string of the molecule is COC1=CC(=O)C2CC3=C(CCCC3)C[C@]2(C)C1=O. The van der Waals surface area contributed by atoms with E-state index in [1.165, 1.54) is 37.2 Å². The molecule has 0 fully saturated rings. The summed E-state index contributed by atoms with van der Waals surface area (Å²) < 4.78 is 5.10. The molecular formula is C16H20O3. The van der Waals surface area contributed by atoms with Crippen LogP contribution in [-0.4, -0.2) is 18.7 Å². The second-order valence-corrected chi connectivity index (χ2v) is 6.21. The maximum absolute atomic E-state index is 12.6. The third-order valence-corrected chi connectivity index (χ3v) is 5.09. The normalized spacial score (nSPS) is 34.6. The predicted octanol–water partition coefficient (Wildman–Crippen LogP) is 2.96. The van der Waals surface area contributed by atoms with Crippen LogP contribution in [0.4, 0.5) is 0 Å². The molecule has 0 saturated heterocycles. The zero-order chi connectivity index (χ0) is 13.6. The monoisotopic (exact) mass is 260 g/mol. The number of carbonyl (C=O) groups is 2. The first-order valence-corrected chi connectivity index (χ1v) is 7.10. The molecule has 2 atom stereocenters. The zero-order valence-electron chi connectivity index (χ0n) is 11.6. The van der Waals surface area contributed by atoms with Crippen LogP contribution < -0.4 is 0 Å². The van der Waals surface area contributed by atoms with Crippen LogP contribution in [0.2, 0.25) is 0 Å². The molecule has 0 radical (unpaired) electrons. The van der Waals surface area contributed by atoms with Crippen molar-refractivity contribution >= 4 is 11.6 Å². The fraction of sp³-hybridized carbons (Fsp3) is 0.625. The molecule has 0 spiro atoms. The number of carbonyl (C=O) groups excluding carboxylic acids is 2. The van der Waals surface area contributed by atoms with Crippen LogP contribution in [0.25, 0.3) is 0 Å². The van der Waals surface area contributed by atoms with Crippen molar-refractivity contribution < 1.29 is 14.3 Å². The molecule has 19 heavy (non-hydrogen) atoms.